The second-order valence-electron chi connectivity index (χ2n) is 3.73. The molecule has 3 nitrogen and oxygen atoms in total. The van der Waals surface area contributed by atoms with Gasteiger partial charge in [-0.05, 0) is 24.6 Å². The summed E-state index contributed by atoms with van der Waals surface area (Å²) >= 11 is 0. The molecular formula is C12H14FN3. The number of nitrogens with zero attached hydrogens (tertiary/aromatic N) is 2. The Balaban J connectivity index is 2.31. The molecule has 16 heavy (non-hydrogen) atoms. The maximum Gasteiger partial charge on any atom is 0.147 e. The number of benzene rings is 1. The van der Waals surface area contributed by atoms with Gasteiger partial charge in [0.05, 0.1) is 6.04 Å². The highest BCUT2D eigenvalue weighted by Crippen LogP contribution is 2.20. The Morgan fingerprint density at radius 1 is 1.38 bits per heavy atom. The summed E-state index contributed by atoms with van der Waals surface area (Å²) in [6.45, 7) is 1.46. The topological polar surface area (TPSA) is 43.8 Å². The van der Waals surface area contributed by atoms with Crippen LogP contribution >= 0.6 is 0 Å². The second kappa shape index (κ2) is 4.35. The number of hydrogen-bond donors (Lipinski definition) is 1. The lowest BCUT2D eigenvalue weighted by molar-refractivity contribution is 0.439. The third-order valence-corrected chi connectivity index (χ3v) is 2.70. The smallest absolute Gasteiger partial charge is 0.147 e. The zero-order chi connectivity index (χ0) is 11.5. The van der Waals surface area contributed by atoms with Gasteiger partial charge in [-0.2, -0.15) is 0 Å². The molecular weight excluding hydrogens is 205 g/mol. The minimum atomic E-state index is -0.549. The molecule has 0 spiro atoms. The molecule has 4 heteroatoms. The molecule has 0 unspecified atom stereocenters. The van der Waals surface area contributed by atoms with Crippen molar-refractivity contribution in [2.24, 2.45) is 0 Å². The van der Waals surface area contributed by atoms with Crippen molar-refractivity contribution in [3.63, 3.8) is 0 Å². The van der Waals surface area contributed by atoms with Crippen molar-refractivity contribution in [2.45, 2.75) is 19.6 Å². The molecule has 0 aliphatic carbocycles. The molecule has 1 aromatic carbocycles. The van der Waals surface area contributed by atoms with Crippen LogP contribution in [-0.4, -0.2) is 9.55 Å². The summed E-state index contributed by atoms with van der Waals surface area (Å²) in [5, 5.41) is 0. The van der Waals surface area contributed by atoms with Crippen LogP contribution in [0, 0.1) is 0 Å². The van der Waals surface area contributed by atoms with Crippen molar-refractivity contribution < 1.29 is 4.39 Å². The maximum absolute atomic E-state index is 12.7. The van der Waals surface area contributed by atoms with Crippen molar-refractivity contribution in [3.8, 4) is 0 Å². The molecule has 0 bridgehead atoms. The first kappa shape index (κ1) is 10.7. The number of anilines is 1. The molecule has 1 heterocycles. The average molecular weight is 219 g/mol. The van der Waals surface area contributed by atoms with Crippen LogP contribution < -0.4 is 5.73 Å². The minimum absolute atomic E-state index is 0.0637. The Morgan fingerprint density at radius 2 is 2.06 bits per heavy atom. The fourth-order valence-electron chi connectivity index (χ4n) is 1.74. The molecule has 2 aromatic rings. The molecule has 0 fully saturated rings. The van der Waals surface area contributed by atoms with Crippen LogP contribution in [0.1, 0.15) is 24.4 Å². The molecule has 0 aliphatic heterocycles. The van der Waals surface area contributed by atoms with E-state index in [2.05, 4.69) is 4.98 Å². The van der Waals surface area contributed by atoms with Crippen molar-refractivity contribution in [3.05, 3.63) is 48.0 Å². The number of halogens is 1. The molecule has 84 valence electrons. The van der Waals surface area contributed by atoms with E-state index in [0.29, 0.717) is 5.82 Å². The summed E-state index contributed by atoms with van der Waals surface area (Å²) in [5.41, 5.74) is 7.44. The molecule has 2 N–H and O–H groups in total. The van der Waals surface area contributed by atoms with Gasteiger partial charge in [0.15, 0.2) is 0 Å². The third-order valence-electron chi connectivity index (χ3n) is 2.70. The van der Waals surface area contributed by atoms with E-state index in [4.69, 9.17) is 5.73 Å². The van der Waals surface area contributed by atoms with Gasteiger partial charge in [-0.15, -0.1) is 0 Å². The third kappa shape index (κ3) is 1.91. The summed E-state index contributed by atoms with van der Waals surface area (Å²) in [4.78, 5) is 3.96. The van der Waals surface area contributed by atoms with Gasteiger partial charge in [-0.25, -0.2) is 9.37 Å². The van der Waals surface area contributed by atoms with Crippen LogP contribution in [0.4, 0.5) is 10.1 Å². The van der Waals surface area contributed by atoms with E-state index in [9.17, 15) is 4.39 Å². The summed E-state index contributed by atoms with van der Waals surface area (Å²) < 4.78 is 14.5. The number of rotatable bonds is 3. The SMILES string of the molecule is C[C@@H](c1ccc(N)cc1)n1ccnc1CF. The average Bonchev–Trinajstić information content (AvgIpc) is 2.77. The summed E-state index contributed by atoms with van der Waals surface area (Å²) in [6.07, 6.45) is 3.40. The van der Waals surface area contributed by atoms with E-state index >= 15 is 0 Å². The van der Waals surface area contributed by atoms with E-state index < -0.39 is 6.67 Å². The molecule has 0 aliphatic rings. The van der Waals surface area contributed by atoms with Crippen LogP contribution in [0.2, 0.25) is 0 Å². The quantitative estimate of drug-likeness (QED) is 0.806. The highest BCUT2D eigenvalue weighted by atomic mass is 19.1. The van der Waals surface area contributed by atoms with E-state index in [1.807, 2.05) is 35.8 Å². The molecule has 0 saturated carbocycles. The lowest BCUT2D eigenvalue weighted by Gasteiger charge is -2.15. The van der Waals surface area contributed by atoms with E-state index in [-0.39, 0.29) is 6.04 Å². The number of nitrogen functional groups attached to an aromatic ring is 1. The largest absolute Gasteiger partial charge is 0.399 e. The maximum atomic E-state index is 12.7. The summed E-state index contributed by atoms with van der Waals surface area (Å²) in [5.74, 6) is 0.448. The van der Waals surface area contributed by atoms with Crippen LogP contribution in [0.5, 0.6) is 0 Å². The first-order valence-corrected chi connectivity index (χ1v) is 5.15. The van der Waals surface area contributed by atoms with Crippen molar-refractivity contribution >= 4 is 5.69 Å². The Morgan fingerprint density at radius 3 is 2.69 bits per heavy atom. The van der Waals surface area contributed by atoms with Crippen LogP contribution in [0.25, 0.3) is 0 Å². The number of nitrogens with two attached hydrogens (primary N) is 1. The van der Waals surface area contributed by atoms with E-state index in [0.717, 1.165) is 11.3 Å². The first-order chi connectivity index (χ1) is 7.72. The number of alkyl halides is 1. The predicted molar refractivity (Wildman–Crippen MR) is 61.7 cm³/mol. The van der Waals surface area contributed by atoms with Crippen LogP contribution in [0.3, 0.4) is 0 Å². The summed E-state index contributed by atoms with van der Waals surface area (Å²) in [6, 6.07) is 7.65. The fraction of sp³-hybridized carbons (Fsp3) is 0.250. The Hall–Kier alpha value is -1.84. The zero-order valence-corrected chi connectivity index (χ0v) is 9.10. The van der Waals surface area contributed by atoms with Crippen molar-refractivity contribution in [1.29, 1.82) is 0 Å². The summed E-state index contributed by atoms with van der Waals surface area (Å²) in [7, 11) is 0. The molecule has 2 rings (SSSR count). The highest BCUT2D eigenvalue weighted by Gasteiger charge is 2.11. The Kier molecular flexibility index (Phi) is 2.90. The zero-order valence-electron chi connectivity index (χ0n) is 9.10. The molecule has 0 radical (unpaired) electrons. The van der Waals surface area contributed by atoms with Gasteiger partial charge in [-0.3, -0.25) is 0 Å². The first-order valence-electron chi connectivity index (χ1n) is 5.15. The Bertz CT molecular complexity index is 461. The highest BCUT2D eigenvalue weighted by molar-refractivity contribution is 5.40. The van der Waals surface area contributed by atoms with Gasteiger partial charge in [0.1, 0.15) is 12.5 Å². The lowest BCUT2D eigenvalue weighted by atomic mass is 10.1. The Labute approximate surface area is 93.7 Å². The van der Waals surface area contributed by atoms with E-state index in [1.165, 1.54) is 0 Å². The molecule has 1 aromatic heterocycles. The minimum Gasteiger partial charge on any atom is -0.399 e. The van der Waals surface area contributed by atoms with Gasteiger partial charge >= 0.3 is 0 Å². The molecule has 1 atom stereocenters. The second-order valence-corrected chi connectivity index (χ2v) is 3.73. The van der Waals surface area contributed by atoms with Crippen molar-refractivity contribution in [1.82, 2.24) is 9.55 Å². The molecule has 0 amide bonds. The van der Waals surface area contributed by atoms with Gasteiger partial charge in [0.2, 0.25) is 0 Å². The fourth-order valence-corrected chi connectivity index (χ4v) is 1.74. The van der Waals surface area contributed by atoms with Crippen molar-refractivity contribution in [2.75, 3.05) is 5.73 Å². The van der Waals surface area contributed by atoms with E-state index in [1.54, 1.807) is 12.4 Å². The van der Waals surface area contributed by atoms with Crippen LogP contribution in [0.15, 0.2) is 36.7 Å². The number of aromatic nitrogens is 2. The lowest BCUT2D eigenvalue weighted by Crippen LogP contribution is -2.09. The predicted octanol–water partition coefficient (Wildman–Crippen LogP) is 2.54. The van der Waals surface area contributed by atoms with Gasteiger partial charge < -0.3 is 10.3 Å². The monoisotopic (exact) mass is 219 g/mol. The number of imidazole rings is 1. The van der Waals surface area contributed by atoms with Gasteiger partial charge in [0, 0.05) is 18.1 Å². The van der Waals surface area contributed by atoms with Gasteiger partial charge in [-0.1, -0.05) is 12.1 Å². The molecule has 0 saturated heterocycles. The normalized spacial score (nSPS) is 12.6. The number of hydrogen-bond acceptors (Lipinski definition) is 2. The van der Waals surface area contributed by atoms with Gasteiger partial charge in [0.25, 0.3) is 0 Å². The van der Waals surface area contributed by atoms with Crippen LogP contribution in [-0.2, 0) is 6.67 Å². The standard InChI is InChI=1S/C12H14FN3/c1-9(10-2-4-11(14)5-3-10)16-7-6-15-12(16)8-13/h2-7,9H,8,14H2,1H3/t9-/m0/s1.